The van der Waals surface area contributed by atoms with Gasteiger partial charge in [-0.25, -0.2) is 9.97 Å². The minimum Gasteiger partial charge on any atom is -0.347 e. The van der Waals surface area contributed by atoms with E-state index in [9.17, 15) is 4.79 Å². The highest BCUT2D eigenvalue weighted by Gasteiger charge is 2.06. The molecule has 108 valence electrons. The average molecular weight is 290 g/mol. The average Bonchev–Trinajstić information content (AvgIpc) is 2.61. The third-order valence-electron chi connectivity index (χ3n) is 3.19. The summed E-state index contributed by atoms with van der Waals surface area (Å²) >= 11 is 0. The maximum absolute atomic E-state index is 12.0. The first-order valence-electron chi connectivity index (χ1n) is 6.86. The van der Waals surface area contributed by atoms with Crippen molar-refractivity contribution in [1.29, 1.82) is 0 Å². The zero-order valence-electron chi connectivity index (χ0n) is 11.8. The van der Waals surface area contributed by atoms with Crippen molar-refractivity contribution in [2.45, 2.75) is 6.54 Å². The summed E-state index contributed by atoms with van der Waals surface area (Å²) in [7, 11) is 0. The van der Waals surface area contributed by atoms with Crippen LogP contribution in [0.25, 0.3) is 11.1 Å². The number of nitrogens with one attached hydrogen (secondary N) is 1. The molecule has 3 rings (SSSR count). The molecule has 0 aliphatic carbocycles. The second-order valence-electron chi connectivity index (χ2n) is 4.72. The van der Waals surface area contributed by atoms with Gasteiger partial charge < -0.3 is 5.32 Å². The quantitative estimate of drug-likeness (QED) is 0.801. The van der Waals surface area contributed by atoms with Crippen LogP contribution >= 0.6 is 0 Å². The first-order chi connectivity index (χ1) is 10.8. The van der Waals surface area contributed by atoms with Crippen LogP contribution < -0.4 is 5.32 Å². The van der Waals surface area contributed by atoms with Gasteiger partial charge in [0.25, 0.3) is 5.91 Å². The van der Waals surface area contributed by atoms with E-state index < -0.39 is 0 Å². The fourth-order valence-corrected chi connectivity index (χ4v) is 2.09. The van der Waals surface area contributed by atoms with Crippen LogP contribution in [-0.2, 0) is 6.54 Å². The molecule has 5 nitrogen and oxygen atoms in total. The number of nitrogens with zero attached hydrogens (tertiary/aromatic N) is 3. The number of aromatic nitrogens is 3. The van der Waals surface area contributed by atoms with E-state index in [1.54, 1.807) is 18.5 Å². The number of hydrogen-bond donors (Lipinski definition) is 1. The highest BCUT2D eigenvalue weighted by atomic mass is 16.1. The summed E-state index contributed by atoms with van der Waals surface area (Å²) in [6, 6.07) is 13.5. The number of carbonyl (C=O) groups is 1. The van der Waals surface area contributed by atoms with E-state index >= 15 is 0 Å². The Kier molecular flexibility index (Phi) is 4.15. The van der Waals surface area contributed by atoms with Crippen LogP contribution in [0.1, 0.15) is 16.1 Å². The number of hydrogen-bond acceptors (Lipinski definition) is 4. The lowest BCUT2D eigenvalue weighted by Gasteiger charge is -2.07. The summed E-state index contributed by atoms with van der Waals surface area (Å²) in [5.41, 5.74) is 3.50. The Hall–Kier alpha value is -3.08. The third kappa shape index (κ3) is 3.32. The Balaban J connectivity index is 1.70. The molecule has 0 radical (unpaired) electrons. The molecule has 1 N–H and O–H groups in total. The Morgan fingerprint density at radius 3 is 2.68 bits per heavy atom. The van der Waals surface area contributed by atoms with Crippen LogP contribution in [0, 0.1) is 0 Å². The van der Waals surface area contributed by atoms with Crippen molar-refractivity contribution in [3.05, 3.63) is 78.6 Å². The van der Waals surface area contributed by atoms with E-state index in [2.05, 4.69) is 20.3 Å². The predicted octanol–water partition coefficient (Wildman–Crippen LogP) is 2.47. The van der Waals surface area contributed by atoms with Gasteiger partial charge in [0.05, 0.1) is 0 Å². The van der Waals surface area contributed by atoms with Gasteiger partial charge in [-0.15, -0.1) is 0 Å². The SMILES string of the molecule is O=C(NCc1cccc(-c2cccnc2)c1)c1ccncn1. The van der Waals surface area contributed by atoms with Gasteiger partial charge in [0.15, 0.2) is 0 Å². The van der Waals surface area contributed by atoms with Crippen molar-refractivity contribution in [1.82, 2.24) is 20.3 Å². The normalized spacial score (nSPS) is 10.2. The third-order valence-corrected chi connectivity index (χ3v) is 3.19. The Morgan fingerprint density at radius 2 is 1.91 bits per heavy atom. The molecule has 0 saturated carbocycles. The highest BCUT2D eigenvalue weighted by Crippen LogP contribution is 2.19. The van der Waals surface area contributed by atoms with Crippen LogP contribution in [0.4, 0.5) is 0 Å². The number of rotatable bonds is 4. The molecule has 0 aliphatic heterocycles. The topological polar surface area (TPSA) is 67.8 Å². The van der Waals surface area contributed by atoms with Gasteiger partial charge in [0, 0.05) is 25.1 Å². The molecule has 0 saturated heterocycles. The fraction of sp³-hybridized carbons (Fsp3) is 0.0588. The highest BCUT2D eigenvalue weighted by molar-refractivity contribution is 5.92. The minimum absolute atomic E-state index is 0.214. The molecule has 1 aromatic carbocycles. The molecule has 0 unspecified atom stereocenters. The van der Waals surface area contributed by atoms with Gasteiger partial charge >= 0.3 is 0 Å². The molecule has 0 atom stereocenters. The molecule has 0 aliphatic rings. The van der Waals surface area contributed by atoms with Crippen LogP contribution in [0.5, 0.6) is 0 Å². The van der Waals surface area contributed by atoms with Gasteiger partial charge in [-0.3, -0.25) is 9.78 Å². The van der Waals surface area contributed by atoms with E-state index in [0.717, 1.165) is 16.7 Å². The second kappa shape index (κ2) is 6.58. The Labute approximate surface area is 128 Å². The lowest BCUT2D eigenvalue weighted by molar-refractivity contribution is 0.0945. The van der Waals surface area contributed by atoms with Gasteiger partial charge in [-0.1, -0.05) is 24.3 Å². The molecule has 0 bridgehead atoms. The summed E-state index contributed by atoms with van der Waals surface area (Å²) in [6.07, 6.45) is 6.47. The van der Waals surface area contributed by atoms with Gasteiger partial charge in [0.2, 0.25) is 0 Å². The zero-order valence-corrected chi connectivity index (χ0v) is 11.8. The fourth-order valence-electron chi connectivity index (χ4n) is 2.09. The molecule has 0 fully saturated rings. The maximum atomic E-state index is 12.0. The molecular formula is C17H14N4O. The van der Waals surface area contributed by atoms with E-state index in [4.69, 9.17) is 0 Å². The van der Waals surface area contributed by atoms with Crippen LogP contribution in [0.2, 0.25) is 0 Å². The summed E-state index contributed by atoms with van der Waals surface area (Å²) in [6.45, 7) is 0.441. The summed E-state index contributed by atoms with van der Waals surface area (Å²) < 4.78 is 0. The largest absolute Gasteiger partial charge is 0.347 e. The molecule has 22 heavy (non-hydrogen) atoms. The monoisotopic (exact) mass is 290 g/mol. The lowest BCUT2D eigenvalue weighted by atomic mass is 10.0. The molecular weight excluding hydrogens is 276 g/mol. The standard InChI is InChI=1S/C17H14N4O/c22-17(16-6-8-19-12-21-16)20-10-13-3-1-4-14(9-13)15-5-2-7-18-11-15/h1-9,11-12H,10H2,(H,20,22). The predicted molar refractivity (Wildman–Crippen MR) is 82.9 cm³/mol. The van der Waals surface area contributed by atoms with Gasteiger partial charge in [-0.2, -0.15) is 0 Å². The molecule has 2 heterocycles. The van der Waals surface area contributed by atoms with Crippen LogP contribution in [-0.4, -0.2) is 20.9 Å². The van der Waals surface area contributed by atoms with Crippen molar-refractivity contribution in [2.24, 2.45) is 0 Å². The Morgan fingerprint density at radius 1 is 1.00 bits per heavy atom. The second-order valence-corrected chi connectivity index (χ2v) is 4.72. The summed E-state index contributed by atoms with van der Waals surface area (Å²) in [5, 5.41) is 2.85. The van der Waals surface area contributed by atoms with E-state index in [1.807, 2.05) is 42.6 Å². The van der Waals surface area contributed by atoms with Crippen LogP contribution in [0.3, 0.4) is 0 Å². The van der Waals surface area contributed by atoms with E-state index in [-0.39, 0.29) is 5.91 Å². The van der Waals surface area contributed by atoms with Crippen molar-refractivity contribution in [3.63, 3.8) is 0 Å². The summed E-state index contributed by atoms with van der Waals surface area (Å²) in [5.74, 6) is -0.214. The number of benzene rings is 1. The molecule has 1 amide bonds. The molecule has 0 spiro atoms. The van der Waals surface area contributed by atoms with Gasteiger partial charge in [-0.05, 0) is 34.9 Å². The van der Waals surface area contributed by atoms with Crippen molar-refractivity contribution in [2.75, 3.05) is 0 Å². The smallest absolute Gasteiger partial charge is 0.270 e. The number of carbonyl (C=O) groups excluding carboxylic acids is 1. The van der Waals surface area contributed by atoms with Crippen LogP contribution in [0.15, 0.2) is 67.4 Å². The summed E-state index contributed by atoms with van der Waals surface area (Å²) in [4.78, 5) is 23.8. The first kappa shape index (κ1) is 13.9. The molecule has 5 heteroatoms. The molecule has 2 aromatic heterocycles. The van der Waals surface area contributed by atoms with Crippen molar-refractivity contribution >= 4 is 5.91 Å². The van der Waals surface area contributed by atoms with E-state index in [1.165, 1.54) is 6.33 Å². The first-order valence-corrected chi connectivity index (χ1v) is 6.86. The van der Waals surface area contributed by atoms with Gasteiger partial charge in [0.1, 0.15) is 12.0 Å². The number of amides is 1. The molecule has 3 aromatic rings. The maximum Gasteiger partial charge on any atom is 0.270 e. The van der Waals surface area contributed by atoms with Crippen molar-refractivity contribution in [3.8, 4) is 11.1 Å². The van der Waals surface area contributed by atoms with Crippen molar-refractivity contribution < 1.29 is 4.79 Å². The zero-order chi connectivity index (χ0) is 15.2. The number of pyridine rings is 1. The minimum atomic E-state index is -0.214. The lowest BCUT2D eigenvalue weighted by Crippen LogP contribution is -2.23. The van der Waals surface area contributed by atoms with E-state index in [0.29, 0.717) is 12.2 Å². The Bertz CT molecular complexity index is 760.